The van der Waals surface area contributed by atoms with Crippen LogP contribution in [0.5, 0.6) is 0 Å². The molecule has 166 valence electrons. The van der Waals surface area contributed by atoms with Crippen LogP contribution in [0.1, 0.15) is 124 Å². The number of hydrogen-bond donors (Lipinski definition) is 1. The van der Waals surface area contributed by atoms with Gasteiger partial charge in [-0.1, -0.05) is 120 Å². The maximum atomic E-state index is 12.4. The van der Waals surface area contributed by atoms with Crippen LogP contribution in [-0.2, 0) is 0 Å². The Morgan fingerprint density at radius 1 is 0.700 bits per heavy atom. The molecule has 0 aliphatic heterocycles. The van der Waals surface area contributed by atoms with Crippen LogP contribution in [0.4, 0.5) is 0 Å². The van der Waals surface area contributed by atoms with Gasteiger partial charge in [-0.15, -0.1) is 0 Å². The lowest BCUT2D eigenvalue weighted by Gasteiger charge is -2.16. The maximum Gasteiger partial charge on any atom is 0.203 e. The fourth-order valence-corrected chi connectivity index (χ4v) is 4.26. The molecule has 0 heterocycles. The summed E-state index contributed by atoms with van der Waals surface area (Å²) in [4.78, 5) is 24.8. The lowest BCUT2D eigenvalue weighted by Crippen LogP contribution is -2.40. The van der Waals surface area contributed by atoms with Crippen LogP contribution in [0.3, 0.4) is 0 Å². The van der Waals surface area contributed by atoms with E-state index in [2.05, 4.69) is 6.92 Å². The van der Waals surface area contributed by atoms with Gasteiger partial charge in [-0.3, -0.25) is 9.59 Å². The minimum atomic E-state index is -1.91. The summed E-state index contributed by atoms with van der Waals surface area (Å²) in [7, 11) is 0. The summed E-state index contributed by atoms with van der Waals surface area (Å²) in [5.41, 5.74) is -1.22. The first kappa shape index (κ1) is 24.5. The van der Waals surface area contributed by atoms with E-state index in [1.807, 2.05) is 6.08 Å². The Labute approximate surface area is 183 Å². The minimum Gasteiger partial charge on any atom is -0.374 e. The number of Topliss-reactive ketones (excluding diaryl/α,β-unsaturated/α-hetero) is 2. The maximum absolute atomic E-state index is 12.4. The number of carbonyl (C=O) groups excluding carboxylic acids is 2. The van der Waals surface area contributed by atoms with E-state index in [1.54, 1.807) is 30.3 Å². The van der Waals surface area contributed by atoms with E-state index in [0.29, 0.717) is 11.1 Å². The van der Waals surface area contributed by atoms with Crippen molar-refractivity contribution < 1.29 is 14.7 Å². The largest absolute Gasteiger partial charge is 0.374 e. The molecule has 0 spiro atoms. The average molecular weight is 413 g/mol. The van der Waals surface area contributed by atoms with Gasteiger partial charge in [-0.05, 0) is 12.8 Å². The fourth-order valence-electron chi connectivity index (χ4n) is 4.26. The van der Waals surface area contributed by atoms with Crippen molar-refractivity contribution in [1.82, 2.24) is 0 Å². The fraction of sp³-hybridized carbons (Fsp3) is 0.630. The third-order valence-corrected chi connectivity index (χ3v) is 6.22. The zero-order chi connectivity index (χ0) is 21.7. The first-order chi connectivity index (χ1) is 14.6. The molecule has 2 rings (SSSR count). The van der Waals surface area contributed by atoms with Gasteiger partial charge in [-0.25, -0.2) is 0 Å². The molecule has 0 unspecified atom stereocenters. The van der Waals surface area contributed by atoms with Gasteiger partial charge in [0.25, 0.3) is 0 Å². The SMILES string of the molecule is CCCCCCCCCCCCCCCC=CCC1(O)C(=O)c2ccccc2C1=O. The van der Waals surface area contributed by atoms with E-state index in [-0.39, 0.29) is 6.42 Å². The molecule has 0 saturated heterocycles. The highest BCUT2D eigenvalue weighted by molar-refractivity contribution is 6.31. The van der Waals surface area contributed by atoms with E-state index < -0.39 is 17.2 Å². The highest BCUT2D eigenvalue weighted by atomic mass is 16.3. The monoisotopic (exact) mass is 412 g/mol. The van der Waals surface area contributed by atoms with Crippen LogP contribution < -0.4 is 0 Å². The van der Waals surface area contributed by atoms with Crippen LogP contribution >= 0.6 is 0 Å². The molecular formula is C27H40O3. The molecule has 1 aliphatic carbocycles. The third-order valence-electron chi connectivity index (χ3n) is 6.22. The van der Waals surface area contributed by atoms with Gasteiger partial charge in [0.2, 0.25) is 11.6 Å². The van der Waals surface area contributed by atoms with Gasteiger partial charge in [0.1, 0.15) is 0 Å². The molecule has 0 atom stereocenters. The normalized spacial score (nSPS) is 15.3. The van der Waals surface area contributed by atoms with Crippen molar-refractivity contribution in [2.45, 2.75) is 109 Å². The molecule has 0 radical (unpaired) electrons. The number of ketones is 2. The Bertz CT molecular complexity index is 654. The zero-order valence-electron chi connectivity index (χ0n) is 18.8. The number of fused-ring (bicyclic) bond motifs is 1. The highest BCUT2D eigenvalue weighted by Crippen LogP contribution is 2.32. The van der Waals surface area contributed by atoms with Gasteiger partial charge < -0.3 is 5.11 Å². The van der Waals surface area contributed by atoms with Crippen LogP contribution in [-0.4, -0.2) is 22.3 Å². The Hall–Kier alpha value is -1.74. The van der Waals surface area contributed by atoms with Gasteiger partial charge in [0.15, 0.2) is 5.60 Å². The van der Waals surface area contributed by atoms with Crippen molar-refractivity contribution in [3.8, 4) is 0 Å². The first-order valence-corrected chi connectivity index (χ1v) is 12.2. The molecule has 0 bridgehead atoms. The second-order valence-electron chi connectivity index (χ2n) is 8.77. The minimum absolute atomic E-state index is 0.0673. The smallest absolute Gasteiger partial charge is 0.203 e. The quantitative estimate of drug-likeness (QED) is 0.177. The predicted octanol–water partition coefficient (Wildman–Crippen LogP) is 7.22. The number of hydrogen-bond acceptors (Lipinski definition) is 3. The van der Waals surface area contributed by atoms with Crippen molar-refractivity contribution in [1.29, 1.82) is 0 Å². The molecule has 3 heteroatoms. The van der Waals surface area contributed by atoms with E-state index in [9.17, 15) is 14.7 Å². The van der Waals surface area contributed by atoms with Crippen molar-refractivity contribution in [2.75, 3.05) is 0 Å². The third kappa shape index (κ3) is 7.19. The average Bonchev–Trinajstić information content (AvgIpc) is 2.95. The molecule has 1 aromatic rings. The van der Waals surface area contributed by atoms with E-state index in [0.717, 1.165) is 12.8 Å². The van der Waals surface area contributed by atoms with Crippen molar-refractivity contribution in [3.63, 3.8) is 0 Å². The Kier molecular flexibility index (Phi) is 11.1. The Morgan fingerprint density at radius 2 is 1.13 bits per heavy atom. The van der Waals surface area contributed by atoms with Crippen molar-refractivity contribution in [2.24, 2.45) is 0 Å². The summed E-state index contributed by atoms with van der Waals surface area (Å²) < 4.78 is 0. The standard InChI is InChI=1S/C27H40O3/c1-2-3-4-5-6-7-8-9-10-11-12-13-14-15-16-19-22-27(30)25(28)23-20-17-18-21-24(23)26(27)29/h16-21,30H,2-15,22H2,1H3. The lowest BCUT2D eigenvalue weighted by atomic mass is 9.93. The lowest BCUT2D eigenvalue weighted by molar-refractivity contribution is 0.0343. The molecule has 3 nitrogen and oxygen atoms in total. The molecule has 0 saturated carbocycles. The number of rotatable bonds is 16. The number of carbonyl (C=O) groups is 2. The number of unbranched alkanes of at least 4 members (excludes halogenated alkanes) is 13. The molecular weight excluding hydrogens is 372 g/mol. The topological polar surface area (TPSA) is 54.4 Å². The highest BCUT2D eigenvalue weighted by Gasteiger charge is 2.50. The van der Waals surface area contributed by atoms with E-state index in [4.69, 9.17) is 0 Å². The van der Waals surface area contributed by atoms with Crippen LogP contribution in [0.25, 0.3) is 0 Å². The summed E-state index contributed by atoms with van der Waals surface area (Å²) in [5, 5.41) is 10.6. The summed E-state index contributed by atoms with van der Waals surface area (Å²) in [6.07, 6.45) is 22.2. The molecule has 1 aromatic carbocycles. The molecule has 30 heavy (non-hydrogen) atoms. The second kappa shape index (κ2) is 13.5. The molecule has 0 aromatic heterocycles. The van der Waals surface area contributed by atoms with Crippen molar-refractivity contribution >= 4 is 11.6 Å². The number of benzene rings is 1. The Balaban J connectivity index is 1.48. The van der Waals surface area contributed by atoms with Gasteiger partial charge in [-0.2, -0.15) is 0 Å². The summed E-state index contributed by atoms with van der Waals surface area (Å²) >= 11 is 0. The van der Waals surface area contributed by atoms with Gasteiger partial charge in [0, 0.05) is 17.5 Å². The molecule has 1 N–H and O–H groups in total. The number of aliphatic hydroxyl groups is 1. The molecule has 0 amide bonds. The van der Waals surface area contributed by atoms with Crippen LogP contribution in [0.15, 0.2) is 36.4 Å². The van der Waals surface area contributed by atoms with Gasteiger partial charge in [0.05, 0.1) is 0 Å². The summed E-state index contributed by atoms with van der Waals surface area (Å²) in [6.45, 7) is 2.26. The summed E-state index contributed by atoms with van der Waals surface area (Å²) in [5.74, 6) is -0.928. The van der Waals surface area contributed by atoms with E-state index >= 15 is 0 Å². The molecule has 1 aliphatic rings. The number of allylic oxidation sites excluding steroid dienone is 1. The van der Waals surface area contributed by atoms with Crippen LogP contribution in [0, 0.1) is 0 Å². The van der Waals surface area contributed by atoms with Crippen molar-refractivity contribution in [3.05, 3.63) is 47.5 Å². The molecule has 0 fully saturated rings. The zero-order valence-corrected chi connectivity index (χ0v) is 18.8. The van der Waals surface area contributed by atoms with Gasteiger partial charge >= 0.3 is 0 Å². The Morgan fingerprint density at radius 3 is 1.60 bits per heavy atom. The van der Waals surface area contributed by atoms with E-state index in [1.165, 1.54) is 77.0 Å². The second-order valence-corrected chi connectivity index (χ2v) is 8.77. The summed E-state index contributed by atoms with van der Waals surface area (Å²) in [6, 6.07) is 6.68. The van der Waals surface area contributed by atoms with Crippen LogP contribution in [0.2, 0.25) is 0 Å². The predicted molar refractivity (Wildman–Crippen MR) is 124 cm³/mol. The first-order valence-electron chi connectivity index (χ1n) is 12.2.